The zero-order valence-electron chi connectivity index (χ0n) is 16.1. The van der Waals surface area contributed by atoms with Crippen molar-refractivity contribution >= 4 is 17.9 Å². The standard InChI is InChI=1S/C17H26F3N3O5/c1-16(2,3)28-15(26)23-7-5-4-6-12(23)14(25)22-21-13(24)10-8-11(9-10)27-17(18,19)20/h10-12H,4-9H2,1-3H3,(H,21,24)(H,22,25). The highest BCUT2D eigenvalue weighted by Crippen LogP contribution is 2.34. The number of nitrogens with one attached hydrogen (secondary N) is 2. The highest BCUT2D eigenvalue weighted by molar-refractivity contribution is 5.88. The van der Waals surface area contributed by atoms with Gasteiger partial charge in [-0.05, 0) is 52.9 Å². The molecule has 0 radical (unpaired) electrons. The van der Waals surface area contributed by atoms with Crippen molar-refractivity contribution in [1.29, 1.82) is 0 Å². The molecule has 1 heterocycles. The molecule has 1 atom stereocenters. The second-order valence-electron chi connectivity index (χ2n) is 8.02. The normalized spacial score (nSPS) is 25.5. The van der Waals surface area contributed by atoms with Crippen molar-refractivity contribution in [1.82, 2.24) is 15.8 Å². The molecule has 8 nitrogen and oxygen atoms in total. The predicted octanol–water partition coefficient (Wildman–Crippen LogP) is 2.24. The van der Waals surface area contributed by atoms with Crippen LogP contribution in [0.4, 0.5) is 18.0 Å². The summed E-state index contributed by atoms with van der Waals surface area (Å²) < 4.78 is 45.4. The molecule has 0 aromatic carbocycles. The van der Waals surface area contributed by atoms with Gasteiger partial charge >= 0.3 is 12.5 Å². The van der Waals surface area contributed by atoms with Gasteiger partial charge in [-0.1, -0.05) is 0 Å². The smallest absolute Gasteiger partial charge is 0.444 e. The van der Waals surface area contributed by atoms with Crippen LogP contribution in [0.5, 0.6) is 0 Å². The molecule has 1 aliphatic heterocycles. The first-order valence-electron chi connectivity index (χ1n) is 9.19. The lowest BCUT2D eigenvalue weighted by atomic mass is 9.82. The van der Waals surface area contributed by atoms with Crippen LogP contribution in [-0.4, -0.2) is 53.5 Å². The van der Waals surface area contributed by atoms with E-state index in [0.29, 0.717) is 13.0 Å². The third kappa shape index (κ3) is 6.54. The summed E-state index contributed by atoms with van der Waals surface area (Å²) in [6.45, 7) is 5.52. The molecule has 3 amide bonds. The van der Waals surface area contributed by atoms with E-state index < -0.39 is 47.9 Å². The monoisotopic (exact) mass is 409 g/mol. The predicted molar refractivity (Wildman–Crippen MR) is 90.5 cm³/mol. The first kappa shape index (κ1) is 22.3. The quantitative estimate of drug-likeness (QED) is 0.697. The van der Waals surface area contributed by atoms with Crippen LogP contribution in [0.2, 0.25) is 0 Å². The van der Waals surface area contributed by atoms with E-state index in [-0.39, 0.29) is 12.8 Å². The molecular formula is C17H26F3N3O5. The Morgan fingerprint density at radius 1 is 1.00 bits per heavy atom. The topological polar surface area (TPSA) is 97.0 Å². The summed E-state index contributed by atoms with van der Waals surface area (Å²) in [6, 6.07) is -0.786. The fourth-order valence-electron chi connectivity index (χ4n) is 3.12. The number of halogens is 3. The van der Waals surface area contributed by atoms with E-state index >= 15 is 0 Å². The second kappa shape index (κ2) is 8.54. The number of ether oxygens (including phenoxy) is 2. The van der Waals surface area contributed by atoms with Gasteiger partial charge < -0.3 is 4.74 Å². The molecule has 28 heavy (non-hydrogen) atoms. The van der Waals surface area contributed by atoms with Gasteiger partial charge in [-0.3, -0.25) is 30.1 Å². The molecule has 2 aliphatic rings. The SMILES string of the molecule is CC(C)(C)OC(=O)N1CCCCC1C(=O)NNC(=O)C1CC(OC(F)(F)F)C1. The van der Waals surface area contributed by atoms with Gasteiger partial charge in [0.05, 0.1) is 6.10 Å². The number of piperidine rings is 1. The van der Waals surface area contributed by atoms with E-state index in [4.69, 9.17) is 4.74 Å². The van der Waals surface area contributed by atoms with Crippen LogP contribution in [0.25, 0.3) is 0 Å². The molecule has 0 aromatic heterocycles. The summed E-state index contributed by atoms with van der Waals surface area (Å²) in [5, 5.41) is 0. The maximum atomic E-state index is 12.4. The molecule has 2 N–H and O–H groups in total. The highest BCUT2D eigenvalue weighted by atomic mass is 19.4. The number of carbonyl (C=O) groups is 3. The summed E-state index contributed by atoms with van der Waals surface area (Å²) in [6.07, 6.45) is -4.64. The lowest BCUT2D eigenvalue weighted by molar-refractivity contribution is -0.353. The molecule has 1 unspecified atom stereocenters. The maximum absolute atomic E-state index is 12.4. The van der Waals surface area contributed by atoms with E-state index in [2.05, 4.69) is 15.6 Å². The maximum Gasteiger partial charge on any atom is 0.522 e. The highest BCUT2D eigenvalue weighted by Gasteiger charge is 2.43. The van der Waals surface area contributed by atoms with Gasteiger partial charge in [-0.2, -0.15) is 0 Å². The summed E-state index contributed by atoms with van der Waals surface area (Å²) in [5.41, 5.74) is 3.77. The van der Waals surface area contributed by atoms with Crippen LogP contribution >= 0.6 is 0 Å². The minimum atomic E-state index is -4.73. The summed E-state index contributed by atoms with van der Waals surface area (Å²) in [4.78, 5) is 38.0. The molecule has 0 bridgehead atoms. The Bertz CT molecular complexity index is 600. The van der Waals surface area contributed by atoms with Crippen molar-refractivity contribution < 1.29 is 37.0 Å². The van der Waals surface area contributed by atoms with Crippen molar-refractivity contribution in [2.45, 2.75) is 77.0 Å². The molecule has 11 heteroatoms. The van der Waals surface area contributed by atoms with Gasteiger partial charge in [-0.15, -0.1) is 13.2 Å². The van der Waals surface area contributed by atoms with Crippen molar-refractivity contribution in [2.75, 3.05) is 6.54 Å². The Kier molecular flexibility index (Phi) is 6.79. The summed E-state index contributed by atoms with van der Waals surface area (Å²) >= 11 is 0. The zero-order chi connectivity index (χ0) is 21.1. The molecule has 2 rings (SSSR count). The minimum absolute atomic E-state index is 0.0747. The van der Waals surface area contributed by atoms with Gasteiger partial charge in [0.2, 0.25) is 5.91 Å². The van der Waals surface area contributed by atoms with Gasteiger partial charge in [0, 0.05) is 12.5 Å². The van der Waals surface area contributed by atoms with Crippen molar-refractivity contribution in [3.05, 3.63) is 0 Å². The number of hydrogen-bond donors (Lipinski definition) is 2. The van der Waals surface area contributed by atoms with E-state index in [1.54, 1.807) is 20.8 Å². The van der Waals surface area contributed by atoms with Gasteiger partial charge in [0.15, 0.2) is 0 Å². The summed E-state index contributed by atoms with van der Waals surface area (Å²) in [7, 11) is 0. The minimum Gasteiger partial charge on any atom is -0.444 e. The van der Waals surface area contributed by atoms with Crippen LogP contribution in [0.3, 0.4) is 0 Å². The van der Waals surface area contributed by atoms with Gasteiger partial charge in [0.25, 0.3) is 5.91 Å². The molecule has 0 spiro atoms. The number of carbonyl (C=O) groups excluding carboxylic acids is 3. The van der Waals surface area contributed by atoms with E-state index in [9.17, 15) is 27.6 Å². The average molecular weight is 409 g/mol. The second-order valence-corrected chi connectivity index (χ2v) is 8.02. The van der Waals surface area contributed by atoms with E-state index in [0.717, 1.165) is 12.8 Å². The number of alkyl halides is 3. The van der Waals surface area contributed by atoms with Crippen molar-refractivity contribution in [2.24, 2.45) is 5.92 Å². The molecule has 1 aliphatic carbocycles. The van der Waals surface area contributed by atoms with Gasteiger partial charge in [-0.25, -0.2) is 4.79 Å². The van der Waals surface area contributed by atoms with Crippen LogP contribution < -0.4 is 10.9 Å². The third-order valence-electron chi connectivity index (χ3n) is 4.51. The van der Waals surface area contributed by atoms with Crippen LogP contribution in [0.15, 0.2) is 0 Å². The van der Waals surface area contributed by atoms with Crippen LogP contribution in [0, 0.1) is 5.92 Å². The summed E-state index contributed by atoms with van der Waals surface area (Å²) in [5.74, 6) is -1.82. The first-order valence-corrected chi connectivity index (χ1v) is 9.19. The number of amides is 3. The lowest BCUT2D eigenvalue weighted by Gasteiger charge is -2.36. The Morgan fingerprint density at radius 3 is 2.18 bits per heavy atom. The van der Waals surface area contributed by atoms with E-state index in [1.807, 2.05) is 0 Å². The lowest BCUT2D eigenvalue weighted by Crippen LogP contribution is -2.57. The largest absolute Gasteiger partial charge is 0.522 e. The zero-order valence-corrected chi connectivity index (χ0v) is 16.1. The number of nitrogens with zero attached hydrogens (tertiary/aromatic N) is 1. The van der Waals surface area contributed by atoms with Crippen molar-refractivity contribution in [3.63, 3.8) is 0 Å². The van der Waals surface area contributed by atoms with Crippen LogP contribution in [-0.2, 0) is 19.1 Å². The Hall–Kier alpha value is -2.04. The number of hydrogen-bond acceptors (Lipinski definition) is 5. The fourth-order valence-corrected chi connectivity index (χ4v) is 3.12. The molecule has 2 fully saturated rings. The van der Waals surface area contributed by atoms with Crippen LogP contribution in [0.1, 0.15) is 52.9 Å². The molecule has 1 saturated heterocycles. The Morgan fingerprint density at radius 2 is 1.61 bits per heavy atom. The molecular weight excluding hydrogens is 383 g/mol. The molecule has 0 aromatic rings. The first-order chi connectivity index (χ1) is 12.9. The average Bonchev–Trinajstić information content (AvgIpc) is 2.52. The Labute approximate surface area is 161 Å². The number of hydrazine groups is 1. The molecule has 160 valence electrons. The fraction of sp³-hybridized carbons (Fsp3) is 0.824. The third-order valence-corrected chi connectivity index (χ3v) is 4.51. The van der Waals surface area contributed by atoms with Crippen molar-refractivity contribution in [3.8, 4) is 0 Å². The van der Waals surface area contributed by atoms with E-state index in [1.165, 1.54) is 4.90 Å². The Balaban J connectivity index is 1.81. The number of rotatable bonds is 3. The van der Waals surface area contributed by atoms with Gasteiger partial charge in [0.1, 0.15) is 11.6 Å². The molecule has 1 saturated carbocycles. The number of likely N-dealkylation sites (tertiary alicyclic amines) is 1.